The summed E-state index contributed by atoms with van der Waals surface area (Å²) in [4.78, 5) is 13.1. The number of rotatable bonds is 6. The fraction of sp³-hybridized carbons (Fsp3) is 0.650. The quantitative estimate of drug-likeness (QED) is 0.764. The molecule has 1 aromatic rings. The highest BCUT2D eigenvalue weighted by Gasteiger charge is 2.42. The van der Waals surface area contributed by atoms with Gasteiger partial charge in [-0.25, -0.2) is 0 Å². The molecule has 2 aliphatic rings. The first kappa shape index (κ1) is 21.5. The van der Waals surface area contributed by atoms with Crippen LogP contribution in [0.4, 0.5) is 0 Å². The number of hydrogen-bond donors (Lipinski definition) is 2. The Morgan fingerprint density at radius 3 is 2.54 bits per heavy atom. The highest BCUT2D eigenvalue weighted by molar-refractivity contribution is 6.30. The van der Waals surface area contributed by atoms with Gasteiger partial charge < -0.3 is 15.4 Å². The molecule has 1 aliphatic carbocycles. The Hall–Kier alpha value is -0.810. The zero-order valence-corrected chi connectivity index (χ0v) is 17.1. The number of methoxy groups -OCH3 is 1. The van der Waals surface area contributed by atoms with Crippen LogP contribution in [0.2, 0.25) is 5.02 Å². The van der Waals surface area contributed by atoms with E-state index in [2.05, 4.69) is 22.8 Å². The third-order valence-electron chi connectivity index (χ3n) is 6.05. The van der Waals surface area contributed by atoms with Crippen LogP contribution < -0.4 is 10.6 Å². The fourth-order valence-electron chi connectivity index (χ4n) is 4.49. The van der Waals surface area contributed by atoms with Crippen molar-refractivity contribution in [3.8, 4) is 0 Å². The second-order valence-corrected chi connectivity index (χ2v) is 8.08. The van der Waals surface area contributed by atoms with Crippen molar-refractivity contribution in [3.05, 3.63) is 34.9 Å². The molecule has 1 aliphatic heterocycles. The fourth-order valence-corrected chi connectivity index (χ4v) is 4.68. The summed E-state index contributed by atoms with van der Waals surface area (Å²) < 4.78 is 5.40. The SMILES string of the molecule is COCC1(C(=O)NCC2(c3cccc(Cl)c3)CCCC2)CCNCC1.Cl. The monoisotopic (exact) mass is 400 g/mol. The van der Waals surface area contributed by atoms with Crippen LogP contribution in [0, 0.1) is 5.41 Å². The summed E-state index contributed by atoms with van der Waals surface area (Å²) in [7, 11) is 1.68. The molecular formula is C20H30Cl2N2O2. The molecule has 0 spiro atoms. The lowest BCUT2D eigenvalue weighted by molar-refractivity contribution is -0.136. The summed E-state index contributed by atoms with van der Waals surface area (Å²) in [5.41, 5.74) is 0.875. The van der Waals surface area contributed by atoms with Crippen molar-refractivity contribution in [2.75, 3.05) is 33.4 Å². The molecule has 0 radical (unpaired) electrons. The average Bonchev–Trinajstić information content (AvgIpc) is 3.11. The van der Waals surface area contributed by atoms with Gasteiger partial charge in [-0.1, -0.05) is 36.6 Å². The molecule has 0 aromatic heterocycles. The smallest absolute Gasteiger partial charge is 0.228 e. The van der Waals surface area contributed by atoms with E-state index in [1.807, 2.05) is 12.1 Å². The van der Waals surface area contributed by atoms with Gasteiger partial charge in [0.15, 0.2) is 0 Å². The molecule has 6 heteroatoms. The lowest BCUT2D eigenvalue weighted by Crippen LogP contribution is -2.52. The zero-order chi connectivity index (χ0) is 17.8. The Labute approximate surface area is 167 Å². The van der Waals surface area contributed by atoms with Crippen molar-refractivity contribution in [2.45, 2.75) is 43.9 Å². The van der Waals surface area contributed by atoms with Gasteiger partial charge in [0.25, 0.3) is 0 Å². The summed E-state index contributed by atoms with van der Waals surface area (Å²) in [6, 6.07) is 8.14. The van der Waals surface area contributed by atoms with E-state index >= 15 is 0 Å². The number of amides is 1. The van der Waals surface area contributed by atoms with Crippen LogP contribution in [0.25, 0.3) is 0 Å². The molecule has 0 unspecified atom stereocenters. The van der Waals surface area contributed by atoms with E-state index in [9.17, 15) is 4.79 Å². The number of benzene rings is 1. The molecule has 1 saturated heterocycles. The van der Waals surface area contributed by atoms with E-state index in [0.29, 0.717) is 13.2 Å². The van der Waals surface area contributed by atoms with E-state index in [0.717, 1.165) is 43.8 Å². The minimum Gasteiger partial charge on any atom is -0.384 e. The number of hydrogen-bond acceptors (Lipinski definition) is 3. The molecule has 1 aromatic carbocycles. The third-order valence-corrected chi connectivity index (χ3v) is 6.28. The van der Waals surface area contributed by atoms with E-state index in [1.54, 1.807) is 7.11 Å². The number of ether oxygens (including phenoxy) is 1. The van der Waals surface area contributed by atoms with Crippen LogP contribution >= 0.6 is 24.0 Å². The Morgan fingerprint density at radius 2 is 1.92 bits per heavy atom. The third kappa shape index (κ3) is 4.53. The first-order valence-corrected chi connectivity index (χ1v) is 9.72. The highest BCUT2D eigenvalue weighted by Crippen LogP contribution is 2.41. The largest absolute Gasteiger partial charge is 0.384 e. The van der Waals surface area contributed by atoms with Crippen molar-refractivity contribution in [3.63, 3.8) is 0 Å². The molecule has 2 fully saturated rings. The lowest BCUT2D eigenvalue weighted by atomic mass is 9.76. The number of nitrogens with one attached hydrogen (secondary N) is 2. The van der Waals surface area contributed by atoms with Crippen molar-refractivity contribution in [1.29, 1.82) is 0 Å². The standard InChI is InChI=1S/C20H29ClN2O2.ClH/c1-25-15-20(9-11-22-12-10-20)18(24)23-14-19(7-2-3-8-19)16-5-4-6-17(21)13-16;/h4-6,13,22H,2-3,7-12,14-15H2,1H3,(H,23,24);1H. The van der Waals surface area contributed by atoms with Crippen molar-refractivity contribution < 1.29 is 9.53 Å². The van der Waals surface area contributed by atoms with Gasteiger partial charge in [-0.05, 0) is 56.5 Å². The number of halogens is 2. The minimum absolute atomic E-state index is 0. The topological polar surface area (TPSA) is 50.4 Å². The Morgan fingerprint density at radius 1 is 1.23 bits per heavy atom. The Balaban J connectivity index is 0.00000243. The molecule has 0 atom stereocenters. The molecule has 1 heterocycles. The number of piperidine rings is 1. The van der Waals surface area contributed by atoms with Crippen molar-refractivity contribution in [1.82, 2.24) is 10.6 Å². The molecule has 3 rings (SSSR count). The summed E-state index contributed by atoms with van der Waals surface area (Å²) in [5.74, 6) is 0.143. The molecule has 4 nitrogen and oxygen atoms in total. The Kier molecular flexibility index (Phi) is 7.77. The molecule has 0 bridgehead atoms. The van der Waals surface area contributed by atoms with E-state index in [1.165, 1.54) is 18.4 Å². The second-order valence-electron chi connectivity index (χ2n) is 7.64. The van der Waals surface area contributed by atoms with E-state index < -0.39 is 5.41 Å². The lowest BCUT2D eigenvalue weighted by Gasteiger charge is -2.37. The van der Waals surface area contributed by atoms with Gasteiger partial charge in [-0.3, -0.25) is 4.79 Å². The van der Waals surface area contributed by atoms with Gasteiger partial charge >= 0.3 is 0 Å². The van der Waals surface area contributed by atoms with Crippen LogP contribution in [0.1, 0.15) is 44.1 Å². The number of carbonyl (C=O) groups excluding carboxylic acids is 1. The maximum atomic E-state index is 13.1. The maximum Gasteiger partial charge on any atom is 0.228 e. The maximum absolute atomic E-state index is 13.1. The molecule has 26 heavy (non-hydrogen) atoms. The van der Waals surface area contributed by atoms with Gasteiger partial charge in [0, 0.05) is 24.1 Å². The van der Waals surface area contributed by atoms with Crippen LogP contribution in [-0.2, 0) is 14.9 Å². The van der Waals surface area contributed by atoms with Crippen LogP contribution in [0.15, 0.2) is 24.3 Å². The predicted molar refractivity (Wildman–Crippen MR) is 108 cm³/mol. The minimum atomic E-state index is -0.395. The molecule has 1 saturated carbocycles. The van der Waals surface area contributed by atoms with Gasteiger partial charge in [0.2, 0.25) is 5.91 Å². The van der Waals surface area contributed by atoms with Crippen LogP contribution in [0.3, 0.4) is 0 Å². The molecule has 146 valence electrons. The van der Waals surface area contributed by atoms with Crippen molar-refractivity contribution in [2.24, 2.45) is 5.41 Å². The second kappa shape index (κ2) is 9.41. The average molecular weight is 401 g/mol. The number of carbonyl (C=O) groups is 1. The van der Waals surface area contributed by atoms with E-state index in [-0.39, 0.29) is 23.7 Å². The first-order chi connectivity index (χ1) is 12.1. The zero-order valence-electron chi connectivity index (χ0n) is 15.5. The summed E-state index contributed by atoms with van der Waals surface area (Å²) in [5, 5.41) is 7.40. The van der Waals surface area contributed by atoms with Crippen molar-refractivity contribution >= 4 is 29.9 Å². The molecular weight excluding hydrogens is 371 g/mol. The summed E-state index contributed by atoms with van der Waals surface area (Å²) in [6.45, 7) is 2.92. The molecule has 2 N–H and O–H groups in total. The predicted octanol–water partition coefficient (Wildman–Crippen LogP) is 3.71. The molecule has 1 amide bonds. The van der Waals surface area contributed by atoms with Gasteiger partial charge in [0.05, 0.1) is 12.0 Å². The first-order valence-electron chi connectivity index (χ1n) is 9.34. The van der Waals surface area contributed by atoms with E-state index in [4.69, 9.17) is 16.3 Å². The summed E-state index contributed by atoms with van der Waals surface area (Å²) >= 11 is 6.22. The van der Waals surface area contributed by atoms with Crippen LogP contribution in [-0.4, -0.2) is 39.3 Å². The van der Waals surface area contributed by atoms with Gasteiger partial charge in [0.1, 0.15) is 0 Å². The Bertz CT molecular complexity index is 592. The normalized spacial score (nSPS) is 21.0. The van der Waals surface area contributed by atoms with Crippen LogP contribution in [0.5, 0.6) is 0 Å². The highest BCUT2D eigenvalue weighted by atomic mass is 35.5. The van der Waals surface area contributed by atoms with Gasteiger partial charge in [-0.15, -0.1) is 12.4 Å². The summed E-state index contributed by atoms with van der Waals surface area (Å²) in [6.07, 6.45) is 6.28. The van der Waals surface area contributed by atoms with Gasteiger partial charge in [-0.2, -0.15) is 0 Å².